The summed E-state index contributed by atoms with van der Waals surface area (Å²) in [5.41, 5.74) is 2.98. The first kappa shape index (κ1) is 17.1. The van der Waals surface area contributed by atoms with Crippen molar-refractivity contribution in [2.45, 2.75) is 39.3 Å². The van der Waals surface area contributed by atoms with Crippen LogP contribution in [0.15, 0.2) is 24.3 Å². The summed E-state index contributed by atoms with van der Waals surface area (Å²) in [6, 6.07) is 8.20. The highest BCUT2D eigenvalue weighted by atomic mass is 16.6. The number of rotatable bonds is 4. The fourth-order valence-corrected chi connectivity index (χ4v) is 3.62. The summed E-state index contributed by atoms with van der Waals surface area (Å²) in [7, 11) is 0. The Bertz CT molecular complexity index is 776. The highest BCUT2D eigenvalue weighted by Crippen LogP contribution is 2.32. The Morgan fingerprint density at radius 2 is 1.88 bits per heavy atom. The Balaban J connectivity index is 1.41. The number of hydrogen-bond donors (Lipinski definition) is 0. The number of aromatic nitrogens is 2. The van der Waals surface area contributed by atoms with Gasteiger partial charge in [0.05, 0.1) is 5.69 Å². The SMILES string of the molecule is Cc1cc(OC2CCN(C(C)c3ccc4c(n3)OCCO4)C2)cc(C)n1. The molecule has 26 heavy (non-hydrogen) atoms. The predicted molar refractivity (Wildman–Crippen MR) is 98.0 cm³/mol. The van der Waals surface area contributed by atoms with Crippen molar-refractivity contribution in [1.82, 2.24) is 14.9 Å². The summed E-state index contributed by atoms with van der Waals surface area (Å²) in [6.45, 7) is 9.20. The van der Waals surface area contributed by atoms with Crippen molar-refractivity contribution in [2.75, 3.05) is 26.3 Å². The second-order valence-electron chi connectivity index (χ2n) is 7.02. The van der Waals surface area contributed by atoms with Crippen LogP contribution >= 0.6 is 0 Å². The Morgan fingerprint density at radius 1 is 1.12 bits per heavy atom. The number of ether oxygens (including phenoxy) is 3. The topological polar surface area (TPSA) is 56.7 Å². The molecule has 2 aliphatic rings. The Labute approximate surface area is 154 Å². The van der Waals surface area contributed by atoms with Gasteiger partial charge in [0.15, 0.2) is 5.75 Å². The molecule has 0 aliphatic carbocycles. The van der Waals surface area contributed by atoms with Gasteiger partial charge < -0.3 is 14.2 Å². The zero-order valence-electron chi connectivity index (χ0n) is 15.6. The third-order valence-electron chi connectivity index (χ3n) is 4.94. The van der Waals surface area contributed by atoms with E-state index in [-0.39, 0.29) is 12.1 Å². The molecule has 0 aromatic carbocycles. The van der Waals surface area contributed by atoms with Crippen molar-refractivity contribution in [2.24, 2.45) is 0 Å². The van der Waals surface area contributed by atoms with E-state index in [1.807, 2.05) is 38.1 Å². The number of fused-ring (bicyclic) bond motifs is 1. The summed E-state index contributed by atoms with van der Waals surface area (Å²) in [6.07, 6.45) is 1.20. The van der Waals surface area contributed by atoms with Crippen LogP contribution in [-0.4, -0.2) is 47.3 Å². The van der Waals surface area contributed by atoms with Crippen LogP contribution < -0.4 is 14.2 Å². The van der Waals surface area contributed by atoms with Crippen LogP contribution in [0.25, 0.3) is 0 Å². The highest BCUT2D eigenvalue weighted by molar-refractivity contribution is 5.36. The van der Waals surface area contributed by atoms with E-state index in [1.54, 1.807) is 0 Å². The van der Waals surface area contributed by atoms with Crippen LogP contribution in [0.3, 0.4) is 0 Å². The molecular weight excluding hydrogens is 330 g/mol. The molecule has 0 saturated carbocycles. The first-order valence-electron chi connectivity index (χ1n) is 9.21. The standard InChI is InChI=1S/C20H25N3O3/c1-13-10-17(11-14(2)21-13)26-16-6-7-23(12-16)15(3)18-4-5-19-20(22-18)25-9-8-24-19/h4-5,10-11,15-16H,6-9,12H2,1-3H3. The summed E-state index contributed by atoms with van der Waals surface area (Å²) >= 11 is 0. The summed E-state index contributed by atoms with van der Waals surface area (Å²) in [4.78, 5) is 11.5. The Kier molecular flexibility index (Phi) is 4.68. The number of aryl methyl sites for hydroxylation is 2. The summed E-state index contributed by atoms with van der Waals surface area (Å²) in [5.74, 6) is 2.25. The first-order valence-corrected chi connectivity index (χ1v) is 9.21. The van der Waals surface area contributed by atoms with Crippen LogP contribution in [0.1, 0.15) is 36.5 Å². The lowest BCUT2D eigenvalue weighted by Gasteiger charge is -2.25. The van der Waals surface area contributed by atoms with Crippen LogP contribution in [0.5, 0.6) is 17.4 Å². The van der Waals surface area contributed by atoms with Gasteiger partial charge in [0.2, 0.25) is 0 Å². The lowest BCUT2D eigenvalue weighted by atomic mass is 10.2. The minimum Gasteiger partial charge on any atom is -0.489 e. The predicted octanol–water partition coefficient (Wildman–Crippen LogP) is 3.08. The molecule has 2 unspecified atom stereocenters. The van der Waals surface area contributed by atoms with Gasteiger partial charge in [-0.1, -0.05) is 0 Å². The number of likely N-dealkylation sites (tertiary alicyclic amines) is 1. The molecule has 0 bridgehead atoms. The number of pyridine rings is 2. The minimum absolute atomic E-state index is 0.191. The fraction of sp³-hybridized carbons (Fsp3) is 0.500. The van der Waals surface area contributed by atoms with E-state index in [9.17, 15) is 0 Å². The maximum atomic E-state index is 6.20. The molecule has 6 heteroatoms. The molecule has 2 aromatic rings. The quantitative estimate of drug-likeness (QED) is 0.840. The Hall–Kier alpha value is -2.34. The van der Waals surface area contributed by atoms with Crippen LogP contribution in [0.2, 0.25) is 0 Å². The van der Waals surface area contributed by atoms with E-state index in [0.29, 0.717) is 19.1 Å². The van der Waals surface area contributed by atoms with Crippen molar-refractivity contribution in [3.63, 3.8) is 0 Å². The van der Waals surface area contributed by atoms with Crippen LogP contribution in [-0.2, 0) is 0 Å². The number of hydrogen-bond acceptors (Lipinski definition) is 6. The molecule has 4 rings (SSSR count). The lowest BCUT2D eigenvalue weighted by molar-refractivity contribution is 0.160. The molecule has 1 saturated heterocycles. The first-order chi connectivity index (χ1) is 12.6. The van der Waals surface area contributed by atoms with E-state index in [0.717, 1.165) is 48.1 Å². The molecule has 2 atom stereocenters. The molecule has 0 amide bonds. The van der Waals surface area contributed by atoms with Crippen molar-refractivity contribution in [3.8, 4) is 17.4 Å². The van der Waals surface area contributed by atoms with E-state index in [1.165, 1.54) is 0 Å². The minimum atomic E-state index is 0.191. The second-order valence-corrected chi connectivity index (χ2v) is 7.02. The maximum absolute atomic E-state index is 6.20. The molecule has 4 heterocycles. The van der Waals surface area contributed by atoms with Gasteiger partial charge >= 0.3 is 0 Å². The molecule has 0 N–H and O–H groups in total. The van der Waals surface area contributed by atoms with Gasteiger partial charge in [-0.15, -0.1) is 0 Å². The van der Waals surface area contributed by atoms with Gasteiger partial charge in [-0.25, -0.2) is 4.98 Å². The lowest BCUT2D eigenvalue weighted by Crippen LogP contribution is -2.28. The molecule has 1 fully saturated rings. The van der Waals surface area contributed by atoms with Crippen LogP contribution in [0, 0.1) is 13.8 Å². The molecule has 2 aromatic heterocycles. The Morgan fingerprint density at radius 3 is 2.69 bits per heavy atom. The van der Waals surface area contributed by atoms with E-state index >= 15 is 0 Å². The third kappa shape index (κ3) is 3.60. The van der Waals surface area contributed by atoms with Crippen molar-refractivity contribution >= 4 is 0 Å². The fourth-order valence-electron chi connectivity index (χ4n) is 3.62. The van der Waals surface area contributed by atoms with Gasteiger partial charge in [-0.3, -0.25) is 9.88 Å². The zero-order chi connectivity index (χ0) is 18.1. The molecule has 0 spiro atoms. The van der Waals surface area contributed by atoms with Gasteiger partial charge in [-0.2, -0.15) is 0 Å². The van der Waals surface area contributed by atoms with E-state index < -0.39 is 0 Å². The molecule has 138 valence electrons. The molecule has 6 nitrogen and oxygen atoms in total. The second kappa shape index (κ2) is 7.11. The third-order valence-corrected chi connectivity index (χ3v) is 4.94. The van der Waals surface area contributed by atoms with Crippen molar-refractivity contribution in [3.05, 3.63) is 41.3 Å². The summed E-state index contributed by atoms with van der Waals surface area (Å²) in [5, 5.41) is 0. The van der Waals surface area contributed by atoms with E-state index in [2.05, 4.69) is 21.8 Å². The highest BCUT2D eigenvalue weighted by Gasteiger charge is 2.29. The zero-order valence-corrected chi connectivity index (χ0v) is 15.6. The molecule has 2 aliphatic heterocycles. The van der Waals surface area contributed by atoms with Gasteiger partial charge in [-0.05, 0) is 39.3 Å². The smallest absolute Gasteiger partial charge is 0.257 e. The normalized spacial score (nSPS) is 20.8. The average Bonchev–Trinajstić information content (AvgIpc) is 3.08. The monoisotopic (exact) mass is 355 g/mol. The van der Waals surface area contributed by atoms with Crippen molar-refractivity contribution < 1.29 is 14.2 Å². The maximum Gasteiger partial charge on any atom is 0.257 e. The van der Waals surface area contributed by atoms with Crippen LogP contribution in [0.4, 0.5) is 0 Å². The average molecular weight is 355 g/mol. The number of nitrogens with zero attached hydrogens (tertiary/aromatic N) is 3. The van der Waals surface area contributed by atoms with Gasteiger partial charge in [0, 0.05) is 42.7 Å². The van der Waals surface area contributed by atoms with Gasteiger partial charge in [0.25, 0.3) is 5.88 Å². The van der Waals surface area contributed by atoms with E-state index in [4.69, 9.17) is 14.2 Å². The van der Waals surface area contributed by atoms with Gasteiger partial charge in [0.1, 0.15) is 25.1 Å². The largest absolute Gasteiger partial charge is 0.489 e. The molecule has 0 radical (unpaired) electrons. The molecular formula is C20H25N3O3. The summed E-state index contributed by atoms with van der Waals surface area (Å²) < 4.78 is 17.4. The van der Waals surface area contributed by atoms with Crippen molar-refractivity contribution in [1.29, 1.82) is 0 Å².